The van der Waals surface area contributed by atoms with E-state index in [1.54, 1.807) is 23.6 Å². The van der Waals surface area contributed by atoms with Crippen molar-refractivity contribution in [3.05, 3.63) is 40.3 Å². The second-order valence-electron chi connectivity index (χ2n) is 4.40. The van der Waals surface area contributed by atoms with E-state index in [9.17, 15) is 8.42 Å². The molecule has 2 heterocycles. The first-order chi connectivity index (χ1) is 9.57. The SMILES string of the molecule is CCN(Cc1cccs1)S(=O)(=O)c1c[nH]c(CNC)c1. The molecule has 0 aliphatic heterocycles. The molecule has 0 unspecified atom stereocenters. The fourth-order valence-electron chi connectivity index (χ4n) is 1.95. The number of thiophene rings is 1. The largest absolute Gasteiger partial charge is 0.363 e. The maximum Gasteiger partial charge on any atom is 0.244 e. The zero-order valence-electron chi connectivity index (χ0n) is 11.6. The minimum absolute atomic E-state index is 0.321. The molecule has 2 aromatic rings. The Morgan fingerprint density at radius 3 is 2.85 bits per heavy atom. The first-order valence-electron chi connectivity index (χ1n) is 6.42. The maximum absolute atomic E-state index is 12.6. The molecular formula is C13H19N3O2S2. The Hall–Kier alpha value is -1.15. The third-order valence-electron chi connectivity index (χ3n) is 2.99. The fraction of sp³-hybridized carbons (Fsp3) is 0.385. The predicted molar refractivity (Wildman–Crippen MR) is 81.1 cm³/mol. The van der Waals surface area contributed by atoms with E-state index in [1.807, 2.05) is 31.5 Å². The fourth-order valence-corrected chi connectivity index (χ4v) is 4.20. The minimum atomic E-state index is -3.44. The van der Waals surface area contributed by atoms with Crippen LogP contribution in [0, 0.1) is 0 Å². The molecule has 0 saturated heterocycles. The smallest absolute Gasteiger partial charge is 0.244 e. The molecule has 5 nitrogen and oxygen atoms in total. The number of aromatic nitrogens is 1. The Kier molecular flexibility index (Phi) is 4.98. The lowest BCUT2D eigenvalue weighted by Gasteiger charge is -2.18. The summed E-state index contributed by atoms with van der Waals surface area (Å²) in [5.41, 5.74) is 0.859. The molecule has 0 aromatic carbocycles. The van der Waals surface area contributed by atoms with Crippen molar-refractivity contribution in [2.24, 2.45) is 0 Å². The topological polar surface area (TPSA) is 65.2 Å². The van der Waals surface area contributed by atoms with E-state index < -0.39 is 10.0 Å². The van der Waals surface area contributed by atoms with E-state index in [0.29, 0.717) is 24.5 Å². The first-order valence-corrected chi connectivity index (χ1v) is 8.74. The molecule has 2 N–H and O–H groups in total. The van der Waals surface area contributed by atoms with Crippen LogP contribution in [0.15, 0.2) is 34.7 Å². The molecular weight excluding hydrogens is 294 g/mol. The van der Waals surface area contributed by atoms with E-state index >= 15 is 0 Å². The summed E-state index contributed by atoms with van der Waals surface area (Å²) in [7, 11) is -1.62. The Bertz CT molecular complexity index is 632. The molecule has 0 radical (unpaired) electrons. The summed E-state index contributed by atoms with van der Waals surface area (Å²) in [4.78, 5) is 4.35. The zero-order chi connectivity index (χ0) is 14.6. The van der Waals surface area contributed by atoms with Crippen LogP contribution in [0.3, 0.4) is 0 Å². The normalized spacial score (nSPS) is 12.2. The number of sulfonamides is 1. The lowest BCUT2D eigenvalue weighted by atomic mass is 10.4. The third kappa shape index (κ3) is 3.29. The summed E-state index contributed by atoms with van der Waals surface area (Å²) in [6, 6.07) is 5.57. The quantitative estimate of drug-likeness (QED) is 0.822. The number of hydrogen-bond acceptors (Lipinski definition) is 4. The summed E-state index contributed by atoms with van der Waals surface area (Å²) in [6.07, 6.45) is 1.55. The number of hydrogen-bond donors (Lipinski definition) is 2. The molecule has 0 saturated carbocycles. The average Bonchev–Trinajstić information content (AvgIpc) is 3.07. The van der Waals surface area contributed by atoms with Gasteiger partial charge >= 0.3 is 0 Å². The molecule has 0 aliphatic carbocycles. The average molecular weight is 313 g/mol. The van der Waals surface area contributed by atoms with Gasteiger partial charge < -0.3 is 10.3 Å². The number of H-pyrrole nitrogens is 1. The number of aromatic amines is 1. The molecule has 0 atom stereocenters. The summed E-state index contributed by atoms with van der Waals surface area (Å²) < 4.78 is 26.7. The van der Waals surface area contributed by atoms with Crippen LogP contribution in [0.2, 0.25) is 0 Å². The molecule has 0 amide bonds. The van der Waals surface area contributed by atoms with Gasteiger partial charge in [0.2, 0.25) is 10.0 Å². The van der Waals surface area contributed by atoms with E-state index in [1.165, 1.54) is 4.31 Å². The highest BCUT2D eigenvalue weighted by Gasteiger charge is 2.24. The van der Waals surface area contributed by atoms with Gasteiger partial charge in [0, 0.05) is 36.4 Å². The van der Waals surface area contributed by atoms with Gasteiger partial charge in [-0.2, -0.15) is 4.31 Å². The van der Waals surface area contributed by atoms with Crippen LogP contribution < -0.4 is 5.32 Å². The van der Waals surface area contributed by atoms with Crippen LogP contribution in [0.1, 0.15) is 17.5 Å². The highest BCUT2D eigenvalue weighted by atomic mass is 32.2. The molecule has 110 valence electrons. The lowest BCUT2D eigenvalue weighted by Crippen LogP contribution is -2.29. The second-order valence-corrected chi connectivity index (χ2v) is 7.37. The van der Waals surface area contributed by atoms with Gasteiger partial charge in [0.1, 0.15) is 0 Å². The van der Waals surface area contributed by atoms with Crippen molar-refractivity contribution in [3.8, 4) is 0 Å². The number of rotatable bonds is 7. The summed E-state index contributed by atoms with van der Waals surface area (Å²) >= 11 is 1.57. The maximum atomic E-state index is 12.6. The monoisotopic (exact) mass is 313 g/mol. The summed E-state index contributed by atoms with van der Waals surface area (Å²) in [6.45, 7) is 3.34. The molecule has 0 spiro atoms. The summed E-state index contributed by atoms with van der Waals surface area (Å²) in [5.74, 6) is 0. The molecule has 2 aromatic heterocycles. The van der Waals surface area contributed by atoms with Gasteiger partial charge in [-0.25, -0.2) is 8.42 Å². The van der Waals surface area contributed by atoms with Gasteiger partial charge in [-0.05, 0) is 24.6 Å². The van der Waals surface area contributed by atoms with Crippen molar-refractivity contribution in [2.45, 2.75) is 24.9 Å². The standard InChI is InChI=1S/C13H19N3O2S2/c1-3-16(10-12-5-4-6-19-12)20(17,18)13-7-11(8-14-2)15-9-13/h4-7,9,14-15H,3,8,10H2,1-2H3. The van der Waals surface area contributed by atoms with Gasteiger partial charge in [-0.3, -0.25) is 0 Å². The molecule has 0 aliphatic rings. The van der Waals surface area contributed by atoms with Crippen LogP contribution in [0.5, 0.6) is 0 Å². The molecule has 7 heteroatoms. The van der Waals surface area contributed by atoms with Gasteiger partial charge in [0.15, 0.2) is 0 Å². The Morgan fingerprint density at radius 1 is 1.45 bits per heavy atom. The van der Waals surface area contributed by atoms with Crippen LogP contribution in [0.25, 0.3) is 0 Å². The Morgan fingerprint density at radius 2 is 2.25 bits per heavy atom. The lowest BCUT2D eigenvalue weighted by molar-refractivity contribution is 0.426. The highest BCUT2D eigenvalue weighted by Crippen LogP contribution is 2.20. The first kappa shape index (κ1) is 15.2. The van der Waals surface area contributed by atoms with Gasteiger partial charge in [-0.15, -0.1) is 11.3 Å². The van der Waals surface area contributed by atoms with Crippen molar-refractivity contribution < 1.29 is 8.42 Å². The molecule has 20 heavy (non-hydrogen) atoms. The van der Waals surface area contributed by atoms with Crippen LogP contribution in [-0.2, 0) is 23.1 Å². The van der Waals surface area contributed by atoms with Crippen molar-refractivity contribution in [1.82, 2.24) is 14.6 Å². The number of nitrogens with zero attached hydrogens (tertiary/aromatic N) is 1. The van der Waals surface area contributed by atoms with Crippen LogP contribution in [0.4, 0.5) is 0 Å². The van der Waals surface area contributed by atoms with E-state index in [4.69, 9.17) is 0 Å². The summed E-state index contributed by atoms with van der Waals surface area (Å²) in [5, 5.41) is 4.95. The van der Waals surface area contributed by atoms with Crippen LogP contribution >= 0.6 is 11.3 Å². The molecule has 2 rings (SSSR count). The van der Waals surface area contributed by atoms with E-state index in [-0.39, 0.29) is 0 Å². The van der Waals surface area contributed by atoms with Crippen molar-refractivity contribution >= 4 is 21.4 Å². The predicted octanol–water partition coefficient (Wildman–Crippen LogP) is 2.01. The van der Waals surface area contributed by atoms with E-state index in [0.717, 1.165) is 10.6 Å². The molecule has 0 bridgehead atoms. The Labute approximate surface area is 123 Å². The minimum Gasteiger partial charge on any atom is -0.363 e. The van der Waals surface area contributed by atoms with Crippen molar-refractivity contribution in [1.29, 1.82) is 0 Å². The van der Waals surface area contributed by atoms with E-state index in [2.05, 4.69) is 10.3 Å². The van der Waals surface area contributed by atoms with Gasteiger partial charge in [-0.1, -0.05) is 13.0 Å². The van der Waals surface area contributed by atoms with Crippen molar-refractivity contribution in [2.75, 3.05) is 13.6 Å². The van der Waals surface area contributed by atoms with Crippen molar-refractivity contribution in [3.63, 3.8) is 0 Å². The van der Waals surface area contributed by atoms with Gasteiger partial charge in [0.25, 0.3) is 0 Å². The van der Waals surface area contributed by atoms with Gasteiger partial charge in [0.05, 0.1) is 4.90 Å². The third-order valence-corrected chi connectivity index (χ3v) is 5.75. The second kappa shape index (κ2) is 6.53. The van der Waals surface area contributed by atoms with Crippen LogP contribution in [-0.4, -0.2) is 31.3 Å². The molecule has 0 fully saturated rings. The Balaban J connectivity index is 2.21. The number of nitrogens with one attached hydrogen (secondary N) is 2. The highest BCUT2D eigenvalue weighted by molar-refractivity contribution is 7.89. The zero-order valence-corrected chi connectivity index (χ0v) is 13.2.